The molecule has 0 N–H and O–H groups in total. The molecule has 0 heterocycles. The predicted molar refractivity (Wildman–Crippen MR) is 108 cm³/mol. The third-order valence-corrected chi connectivity index (χ3v) is 5.46. The smallest absolute Gasteiger partial charge is 0.339 e. The van der Waals surface area contributed by atoms with Crippen LogP contribution in [0.4, 0.5) is 0 Å². The van der Waals surface area contributed by atoms with E-state index in [-0.39, 0.29) is 16.4 Å². The van der Waals surface area contributed by atoms with E-state index in [1.54, 1.807) is 66.7 Å². The van der Waals surface area contributed by atoms with Gasteiger partial charge in [-0.1, -0.05) is 64.5 Å². The molecule has 6 heteroatoms. The summed E-state index contributed by atoms with van der Waals surface area (Å²) in [7, 11) is -3.90. The minimum Gasteiger partial charge on any atom is -0.379 e. The molecule has 4 nitrogen and oxygen atoms in total. The maximum Gasteiger partial charge on any atom is 0.339 e. The minimum atomic E-state index is -3.90. The quantitative estimate of drug-likeness (QED) is 0.302. The first kappa shape index (κ1) is 19.1. The van der Waals surface area contributed by atoms with Crippen molar-refractivity contribution in [1.29, 1.82) is 0 Å². The summed E-state index contributed by atoms with van der Waals surface area (Å²) in [6, 6.07) is 21.6. The molecule has 0 aliphatic heterocycles. The Labute approximate surface area is 166 Å². The van der Waals surface area contributed by atoms with E-state index >= 15 is 0 Å². The monoisotopic (exact) mass is 442 g/mol. The average Bonchev–Trinajstić information content (AvgIpc) is 2.68. The summed E-state index contributed by atoms with van der Waals surface area (Å²) < 4.78 is 30.5. The summed E-state index contributed by atoms with van der Waals surface area (Å²) >= 11 is 3.26. The number of carbonyl (C=O) groups is 1. The van der Waals surface area contributed by atoms with Gasteiger partial charge in [-0.15, -0.1) is 0 Å². The van der Waals surface area contributed by atoms with Gasteiger partial charge in [-0.2, -0.15) is 8.42 Å². The number of allylic oxidation sites excluding steroid dienone is 1. The second-order valence-electron chi connectivity index (χ2n) is 5.62. The molecule has 0 saturated heterocycles. The Kier molecular flexibility index (Phi) is 5.88. The molecule has 3 aromatic rings. The third kappa shape index (κ3) is 5.15. The number of hydrogen-bond acceptors (Lipinski definition) is 4. The summed E-state index contributed by atoms with van der Waals surface area (Å²) in [6.45, 7) is 0. The van der Waals surface area contributed by atoms with Crippen molar-refractivity contribution < 1.29 is 17.4 Å². The van der Waals surface area contributed by atoms with Gasteiger partial charge in [0, 0.05) is 10.0 Å². The van der Waals surface area contributed by atoms with Crippen LogP contribution >= 0.6 is 15.9 Å². The molecule has 136 valence electrons. The largest absolute Gasteiger partial charge is 0.379 e. The highest BCUT2D eigenvalue weighted by Gasteiger charge is 2.16. The standard InChI is InChI=1S/C21H15BrO4S/c22-18-9-13-20(14-10-18)27(24,25)26-19-11-6-16(7-12-19)8-15-21(23)17-4-2-1-3-5-17/h1-15H. The summed E-state index contributed by atoms with van der Waals surface area (Å²) in [4.78, 5) is 12.1. The highest BCUT2D eigenvalue weighted by atomic mass is 79.9. The molecule has 0 spiro atoms. The first-order chi connectivity index (χ1) is 12.9. The number of rotatable bonds is 6. The topological polar surface area (TPSA) is 60.4 Å². The van der Waals surface area contributed by atoms with E-state index in [1.165, 1.54) is 18.2 Å². The normalized spacial score (nSPS) is 11.4. The van der Waals surface area contributed by atoms with Gasteiger partial charge in [0.1, 0.15) is 10.6 Å². The number of hydrogen-bond donors (Lipinski definition) is 0. The van der Waals surface area contributed by atoms with Crippen LogP contribution in [0, 0.1) is 0 Å². The lowest BCUT2D eigenvalue weighted by Crippen LogP contribution is -2.09. The van der Waals surface area contributed by atoms with Crippen LogP contribution in [-0.4, -0.2) is 14.2 Å². The van der Waals surface area contributed by atoms with E-state index in [2.05, 4.69) is 15.9 Å². The number of halogens is 1. The predicted octanol–water partition coefficient (Wildman–Crippen LogP) is 5.11. The van der Waals surface area contributed by atoms with Gasteiger partial charge in [0.05, 0.1) is 0 Å². The van der Waals surface area contributed by atoms with Crippen molar-refractivity contribution in [1.82, 2.24) is 0 Å². The molecule has 0 fully saturated rings. The zero-order valence-corrected chi connectivity index (χ0v) is 16.5. The van der Waals surface area contributed by atoms with E-state index in [4.69, 9.17) is 4.18 Å². The highest BCUT2D eigenvalue weighted by molar-refractivity contribution is 9.10. The molecule has 0 aliphatic rings. The summed E-state index contributed by atoms with van der Waals surface area (Å²) in [5.74, 6) is 0.0956. The molecular weight excluding hydrogens is 428 g/mol. The fraction of sp³-hybridized carbons (Fsp3) is 0. The van der Waals surface area contributed by atoms with E-state index in [1.807, 2.05) is 6.07 Å². The zero-order chi connectivity index (χ0) is 19.3. The van der Waals surface area contributed by atoms with Crippen molar-refractivity contribution in [3.05, 3.63) is 101 Å². The molecule has 3 aromatic carbocycles. The van der Waals surface area contributed by atoms with Gasteiger partial charge in [-0.05, 0) is 48.0 Å². The van der Waals surface area contributed by atoms with Crippen molar-refractivity contribution >= 4 is 37.9 Å². The number of benzene rings is 3. The Balaban J connectivity index is 1.69. The van der Waals surface area contributed by atoms with Gasteiger partial charge >= 0.3 is 10.1 Å². The average molecular weight is 443 g/mol. The lowest BCUT2D eigenvalue weighted by atomic mass is 10.1. The second kappa shape index (κ2) is 8.33. The molecule has 0 amide bonds. The van der Waals surface area contributed by atoms with Gasteiger partial charge < -0.3 is 4.18 Å². The maximum absolute atomic E-state index is 12.3. The molecule has 0 atom stereocenters. The lowest BCUT2D eigenvalue weighted by Gasteiger charge is -2.07. The van der Waals surface area contributed by atoms with Crippen molar-refractivity contribution in [2.75, 3.05) is 0 Å². The molecule has 3 rings (SSSR count). The summed E-state index contributed by atoms with van der Waals surface area (Å²) in [5.41, 5.74) is 1.36. The van der Waals surface area contributed by atoms with Crippen LogP contribution in [0.15, 0.2) is 94.3 Å². The number of ketones is 1. The Morgan fingerprint density at radius 1 is 0.852 bits per heavy atom. The first-order valence-corrected chi connectivity index (χ1v) is 10.2. The van der Waals surface area contributed by atoms with Gasteiger partial charge in [0.15, 0.2) is 5.78 Å². The van der Waals surface area contributed by atoms with Gasteiger partial charge in [0.2, 0.25) is 0 Å². The Hall–Kier alpha value is -2.70. The molecule has 0 bridgehead atoms. The van der Waals surface area contributed by atoms with E-state index < -0.39 is 10.1 Å². The van der Waals surface area contributed by atoms with Crippen LogP contribution < -0.4 is 4.18 Å². The second-order valence-corrected chi connectivity index (χ2v) is 8.09. The van der Waals surface area contributed by atoms with Crippen molar-refractivity contribution in [2.24, 2.45) is 0 Å². The van der Waals surface area contributed by atoms with Crippen LogP contribution in [-0.2, 0) is 10.1 Å². The van der Waals surface area contributed by atoms with E-state index in [0.29, 0.717) is 5.56 Å². The van der Waals surface area contributed by atoms with Crippen molar-refractivity contribution in [3.63, 3.8) is 0 Å². The van der Waals surface area contributed by atoms with Crippen LogP contribution in [0.3, 0.4) is 0 Å². The lowest BCUT2D eigenvalue weighted by molar-refractivity contribution is 0.104. The summed E-state index contributed by atoms with van der Waals surface area (Å²) in [5, 5.41) is 0. The highest BCUT2D eigenvalue weighted by Crippen LogP contribution is 2.21. The van der Waals surface area contributed by atoms with Gasteiger partial charge in [-0.3, -0.25) is 4.79 Å². The molecule has 0 unspecified atom stereocenters. The third-order valence-electron chi connectivity index (χ3n) is 3.67. The molecule has 0 saturated carbocycles. The summed E-state index contributed by atoms with van der Waals surface area (Å²) in [6.07, 6.45) is 3.14. The first-order valence-electron chi connectivity index (χ1n) is 8.02. The van der Waals surface area contributed by atoms with Crippen molar-refractivity contribution in [3.8, 4) is 5.75 Å². The fourth-order valence-corrected chi connectivity index (χ4v) is 3.48. The van der Waals surface area contributed by atoms with Crippen LogP contribution in [0.5, 0.6) is 5.75 Å². The molecule has 0 radical (unpaired) electrons. The van der Waals surface area contributed by atoms with Crippen LogP contribution in [0.2, 0.25) is 0 Å². The van der Waals surface area contributed by atoms with Crippen LogP contribution in [0.1, 0.15) is 15.9 Å². The molecular formula is C21H15BrO4S. The number of carbonyl (C=O) groups excluding carboxylic acids is 1. The molecule has 27 heavy (non-hydrogen) atoms. The Bertz CT molecular complexity index is 1060. The van der Waals surface area contributed by atoms with Crippen LogP contribution in [0.25, 0.3) is 6.08 Å². The fourth-order valence-electron chi connectivity index (χ4n) is 2.28. The maximum atomic E-state index is 12.3. The van der Waals surface area contributed by atoms with Crippen molar-refractivity contribution in [2.45, 2.75) is 4.90 Å². The Morgan fingerprint density at radius 3 is 2.11 bits per heavy atom. The molecule has 0 aliphatic carbocycles. The van der Waals surface area contributed by atoms with E-state index in [0.717, 1.165) is 10.0 Å². The Morgan fingerprint density at radius 2 is 1.48 bits per heavy atom. The van der Waals surface area contributed by atoms with E-state index in [9.17, 15) is 13.2 Å². The molecule has 0 aromatic heterocycles. The SMILES string of the molecule is O=C(C=Cc1ccc(OS(=O)(=O)c2ccc(Br)cc2)cc1)c1ccccc1. The van der Waals surface area contributed by atoms with Gasteiger partial charge in [0.25, 0.3) is 0 Å². The van der Waals surface area contributed by atoms with Gasteiger partial charge in [-0.25, -0.2) is 0 Å². The minimum absolute atomic E-state index is 0.0723. The zero-order valence-electron chi connectivity index (χ0n) is 14.1.